The Hall–Kier alpha value is -7.24. The first-order valence-corrected chi connectivity index (χ1v) is 26.5. The van der Waals surface area contributed by atoms with E-state index < -0.39 is 46.6 Å². The average Bonchev–Trinajstić information content (AvgIpc) is 4.10. The summed E-state index contributed by atoms with van der Waals surface area (Å²) in [5.41, 5.74) is 10.3. The first-order valence-electron chi connectivity index (χ1n) is 26.5. The third-order valence-electron chi connectivity index (χ3n) is 15.8. The number of hydrogen-bond donors (Lipinski definition) is 2. The maximum absolute atomic E-state index is 14.6. The Morgan fingerprint density at radius 1 is 0.500 bits per heavy atom. The van der Waals surface area contributed by atoms with Crippen LogP contribution in [-0.2, 0) is 20.7 Å². The Bertz CT molecular complexity index is 3560. The average molecular weight is 1060 g/mol. The highest BCUT2D eigenvalue weighted by atomic mass is 19.1. The molecule has 0 radical (unpaired) electrons. The number of halogens is 4. The van der Waals surface area contributed by atoms with Gasteiger partial charge in [0.05, 0.1) is 67.8 Å². The van der Waals surface area contributed by atoms with Gasteiger partial charge in [-0.1, -0.05) is 34.6 Å². The molecule has 0 spiro atoms. The zero-order chi connectivity index (χ0) is 54.9. The summed E-state index contributed by atoms with van der Waals surface area (Å²) in [6.07, 6.45) is 6.60. The van der Waals surface area contributed by atoms with Crippen LogP contribution in [0.1, 0.15) is 111 Å². The molecule has 8 heterocycles. The van der Waals surface area contributed by atoms with Crippen LogP contribution in [0.4, 0.5) is 17.6 Å². The summed E-state index contributed by atoms with van der Waals surface area (Å²) in [5, 5.41) is 31.8. The van der Waals surface area contributed by atoms with Crippen LogP contribution in [0.25, 0.3) is 66.1 Å². The zero-order valence-electron chi connectivity index (χ0n) is 44.9. The van der Waals surface area contributed by atoms with Gasteiger partial charge in [0.15, 0.2) is 0 Å². The second-order valence-electron chi connectivity index (χ2n) is 22.1. The van der Waals surface area contributed by atoms with Gasteiger partial charge >= 0.3 is 0 Å². The summed E-state index contributed by atoms with van der Waals surface area (Å²) in [7, 11) is 0. The fourth-order valence-electron chi connectivity index (χ4n) is 12.1. The molecule has 2 aliphatic heterocycles. The number of aromatic nitrogens is 6. The highest BCUT2D eigenvalue weighted by molar-refractivity contribution is 6.08. The molecule has 2 atom stereocenters. The lowest BCUT2D eigenvalue weighted by Gasteiger charge is -2.33. The SMILES string of the molecule is Cc1noc(C)c1-c1cnc2c3ccc(C(C)(C)O)cc3n(C(c3cc(F)cc(F)c3)C3CCOCC3)c2c1.Cc1noc(C)c1-c1cnc2c3ccc(C(C)(C)O)cc3n(C(c3cc(F)cc(F)c3)C3CCOCC3)c2c1. The molecule has 2 unspecified atom stereocenters. The maximum Gasteiger partial charge on any atom is 0.141 e. The van der Waals surface area contributed by atoms with Crippen molar-refractivity contribution in [1.82, 2.24) is 29.4 Å². The predicted octanol–water partition coefficient (Wildman–Crippen LogP) is 14.0. The molecule has 0 bridgehead atoms. The smallest absolute Gasteiger partial charge is 0.141 e. The van der Waals surface area contributed by atoms with Crippen LogP contribution in [0.5, 0.6) is 0 Å². The number of aliphatic hydroxyl groups is 2. The highest BCUT2D eigenvalue weighted by Gasteiger charge is 2.34. The molecule has 4 aromatic carbocycles. The number of ether oxygens (including phenoxy) is 2. The van der Waals surface area contributed by atoms with Crippen LogP contribution < -0.4 is 0 Å². The highest BCUT2D eigenvalue weighted by Crippen LogP contribution is 2.45. The van der Waals surface area contributed by atoms with E-state index in [-0.39, 0.29) is 11.8 Å². The molecule has 16 heteroatoms. The van der Waals surface area contributed by atoms with Crippen molar-refractivity contribution in [1.29, 1.82) is 0 Å². The summed E-state index contributed by atoms with van der Waals surface area (Å²) in [5.74, 6) is -0.963. The number of benzene rings is 4. The summed E-state index contributed by atoms with van der Waals surface area (Å²) in [4.78, 5) is 9.78. The molecule has 2 saturated heterocycles. The van der Waals surface area contributed by atoms with Crippen LogP contribution in [0, 0.1) is 62.8 Å². The van der Waals surface area contributed by atoms with E-state index in [0.29, 0.717) is 49.1 Å². The fourth-order valence-corrected chi connectivity index (χ4v) is 12.1. The molecule has 0 saturated carbocycles. The molecule has 6 aromatic heterocycles. The molecule has 2 N–H and O–H groups in total. The predicted molar refractivity (Wildman–Crippen MR) is 291 cm³/mol. The summed E-state index contributed by atoms with van der Waals surface area (Å²) < 4.78 is 85.1. The van der Waals surface area contributed by atoms with Gasteiger partial charge in [0.25, 0.3) is 0 Å². The normalized spacial score (nSPS) is 15.9. The molecule has 12 rings (SSSR count). The summed E-state index contributed by atoms with van der Waals surface area (Å²) in [6.45, 7) is 16.8. The molecule has 0 amide bonds. The van der Waals surface area contributed by atoms with Crippen LogP contribution in [-0.4, -0.2) is 66.1 Å². The van der Waals surface area contributed by atoms with E-state index in [1.807, 2.05) is 76.5 Å². The van der Waals surface area contributed by atoms with E-state index >= 15 is 0 Å². The van der Waals surface area contributed by atoms with Crippen molar-refractivity contribution in [3.63, 3.8) is 0 Å². The van der Waals surface area contributed by atoms with E-state index in [1.54, 1.807) is 27.7 Å². The van der Waals surface area contributed by atoms with Gasteiger partial charge in [0.2, 0.25) is 0 Å². The molecule has 404 valence electrons. The maximum atomic E-state index is 14.6. The molecule has 78 heavy (non-hydrogen) atoms. The number of hydrogen-bond acceptors (Lipinski definition) is 10. The van der Waals surface area contributed by atoms with Crippen LogP contribution in [0.15, 0.2) is 106 Å². The topological polar surface area (TPSA) is 147 Å². The Labute approximate surface area is 448 Å². The quantitative estimate of drug-likeness (QED) is 0.127. The minimum atomic E-state index is -1.08. The van der Waals surface area contributed by atoms with Gasteiger partial charge in [-0.15, -0.1) is 0 Å². The van der Waals surface area contributed by atoms with Gasteiger partial charge in [0, 0.05) is 84.0 Å². The van der Waals surface area contributed by atoms with Crippen molar-refractivity contribution >= 4 is 43.9 Å². The third-order valence-corrected chi connectivity index (χ3v) is 15.8. The first kappa shape index (κ1) is 52.8. The fraction of sp³-hybridized carbons (Fsp3) is 0.355. The van der Waals surface area contributed by atoms with Crippen molar-refractivity contribution in [3.8, 4) is 22.3 Å². The van der Waals surface area contributed by atoms with Crippen molar-refractivity contribution in [2.24, 2.45) is 11.8 Å². The van der Waals surface area contributed by atoms with E-state index in [4.69, 9.17) is 28.5 Å². The molecule has 10 aromatic rings. The van der Waals surface area contributed by atoms with Gasteiger partial charge in [-0.05, 0) is 164 Å². The monoisotopic (exact) mass is 1060 g/mol. The Morgan fingerprint density at radius 3 is 1.18 bits per heavy atom. The molecule has 0 aliphatic carbocycles. The molecule has 2 aliphatic rings. The van der Waals surface area contributed by atoms with Crippen molar-refractivity contribution in [3.05, 3.63) is 166 Å². The van der Waals surface area contributed by atoms with Crippen LogP contribution in [0.3, 0.4) is 0 Å². The number of aryl methyl sites for hydroxylation is 4. The lowest BCUT2D eigenvalue weighted by atomic mass is 9.86. The lowest BCUT2D eigenvalue weighted by Crippen LogP contribution is -2.27. The summed E-state index contributed by atoms with van der Waals surface area (Å²) in [6, 6.07) is 22.5. The van der Waals surface area contributed by atoms with Gasteiger partial charge < -0.3 is 37.9 Å². The van der Waals surface area contributed by atoms with E-state index in [2.05, 4.69) is 31.6 Å². The molecular formula is C62H62F4N6O6. The number of pyridine rings is 2. The first-order chi connectivity index (χ1) is 37.2. The van der Waals surface area contributed by atoms with Gasteiger partial charge in [0.1, 0.15) is 34.8 Å². The largest absolute Gasteiger partial charge is 0.386 e. The van der Waals surface area contributed by atoms with Crippen molar-refractivity contribution in [2.45, 2.75) is 104 Å². The van der Waals surface area contributed by atoms with E-state index in [9.17, 15) is 27.8 Å². The van der Waals surface area contributed by atoms with Crippen molar-refractivity contribution in [2.75, 3.05) is 26.4 Å². The Morgan fingerprint density at radius 2 is 0.859 bits per heavy atom. The number of rotatable bonds is 10. The second-order valence-corrected chi connectivity index (χ2v) is 22.1. The summed E-state index contributed by atoms with van der Waals surface area (Å²) >= 11 is 0. The molecule has 2 fully saturated rings. The second kappa shape index (κ2) is 20.5. The molecular weight excluding hydrogens is 1000 g/mol. The zero-order valence-corrected chi connectivity index (χ0v) is 44.9. The van der Waals surface area contributed by atoms with Crippen LogP contribution >= 0.6 is 0 Å². The van der Waals surface area contributed by atoms with E-state index in [1.165, 1.54) is 24.3 Å². The minimum Gasteiger partial charge on any atom is -0.386 e. The standard InChI is InChI=1S/2C31H31F2N3O3/c2*1-17-28(18(2)39-35-17)21-13-27-29(34-16-21)25-6-5-22(31(3,4)37)14-26(25)36(27)30(19-7-9-38-10-8-19)20-11-23(32)15-24(33)12-20/h2*5-6,11-16,19,30,37H,7-10H2,1-4H3. The lowest BCUT2D eigenvalue weighted by molar-refractivity contribution is 0.0551. The van der Waals surface area contributed by atoms with Gasteiger partial charge in [-0.25, -0.2) is 17.6 Å². The van der Waals surface area contributed by atoms with Gasteiger partial charge in [-0.2, -0.15) is 0 Å². The Kier molecular flexibility index (Phi) is 13.9. The van der Waals surface area contributed by atoms with Crippen LogP contribution in [0.2, 0.25) is 0 Å². The third kappa shape index (κ3) is 9.88. The molecule has 12 nitrogen and oxygen atoms in total. The number of fused-ring (bicyclic) bond motifs is 6. The minimum absolute atomic E-state index is 0.0623. The van der Waals surface area contributed by atoms with Crippen molar-refractivity contribution < 1.29 is 46.3 Å². The van der Waals surface area contributed by atoms with E-state index in [0.717, 1.165) is 126 Å². The Balaban J connectivity index is 0.000000165. The number of nitrogens with zero attached hydrogens (tertiary/aromatic N) is 6. The van der Waals surface area contributed by atoms with Gasteiger partial charge in [-0.3, -0.25) is 9.97 Å².